The molecular weight excluding hydrogens is 76.1 g/mol. The van der Waals surface area contributed by atoms with Crippen molar-refractivity contribution in [3.63, 3.8) is 0 Å². The molecule has 2 nitrogen and oxygen atoms in total. The van der Waals surface area contributed by atoms with Crippen molar-refractivity contribution in [2.45, 2.75) is 12.5 Å². The average molecular weight is 86.1 g/mol. The zero-order valence-electron chi connectivity index (χ0n) is 3.72. The number of rotatable bonds is 2. The van der Waals surface area contributed by atoms with E-state index in [-0.39, 0.29) is 6.04 Å². The first kappa shape index (κ1) is 5.92. The molecule has 0 heterocycles. The van der Waals surface area contributed by atoms with Gasteiger partial charge in [-0.3, -0.25) is 0 Å². The van der Waals surface area contributed by atoms with Crippen LogP contribution in [0.25, 0.3) is 0 Å². The summed E-state index contributed by atoms with van der Waals surface area (Å²) in [7, 11) is 0. The Morgan fingerprint density at radius 1 is 1.83 bits per heavy atom. The Balaban J connectivity index is 2.75. The summed E-state index contributed by atoms with van der Waals surface area (Å²) in [4.78, 5) is 0. The molecule has 0 aromatic heterocycles. The molecule has 2 radical (unpaired) electrons. The molecule has 0 bridgehead atoms. The van der Waals surface area contributed by atoms with Gasteiger partial charge in [-0.15, -0.1) is 0 Å². The molecule has 0 saturated heterocycles. The Hall–Kier alpha value is -0.0800. The van der Waals surface area contributed by atoms with Gasteiger partial charge in [-0.1, -0.05) is 6.92 Å². The average Bonchev–Trinajstić information content (AvgIpc) is 1.65. The molecule has 6 heavy (non-hydrogen) atoms. The van der Waals surface area contributed by atoms with Crippen molar-refractivity contribution in [2.75, 3.05) is 0 Å². The molecule has 0 amide bonds. The van der Waals surface area contributed by atoms with Gasteiger partial charge in [0.1, 0.15) is 0 Å². The fourth-order valence-corrected chi connectivity index (χ4v) is 0.0962. The quantitative estimate of drug-likeness (QED) is 0.483. The van der Waals surface area contributed by atoms with Crippen molar-refractivity contribution in [2.24, 2.45) is 11.5 Å². The van der Waals surface area contributed by atoms with Gasteiger partial charge in [0.05, 0.1) is 0 Å². The van der Waals surface area contributed by atoms with E-state index in [0.29, 0.717) is 6.42 Å². The highest BCUT2D eigenvalue weighted by Crippen LogP contribution is 1.81. The van der Waals surface area contributed by atoms with Crippen LogP contribution >= 0.6 is 0 Å². The predicted octanol–water partition coefficient (Wildman–Crippen LogP) is -0.342. The molecule has 2 heteroatoms. The van der Waals surface area contributed by atoms with Gasteiger partial charge in [-0.2, -0.15) is 0 Å². The third-order valence-corrected chi connectivity index (χ3v) is 0.581. The third-order valence-electron chi connectivity index (χ3n) is 0.581. The first-order chi connectivity index (χ1) is 2.81. The highest BCUT2D eigenvalue weighted by atomic mass is 14.7. The fourth-order valence-electron chi connectivity index (χ4n) is 0.0962. The lowest BCUT2D eigenvalue weighted by atomic mass is 10.2. The van der Waals surface area contributed by atoms with Crippen LogP contribution in [0.5, 0.6) is 0 Å². The van der Waals surface area contributed by atoms with E-state index >= 15 is 0 Å². The summed E-state index contributed by atoms with van der Waals surface area (Å²) in [5.41, 5.74) is 10.2. The minimum atomic E-state index is -0.0231. The largest absolute Gasteiger partial charge is 0.326 e. The first-order valence-corrected chi connectivity index (χ1v) is 1.91. The van der Waals surface area contributed by atoms with Gasteiger partial charge in [0.2, 0.25) is 0 Å². The lowest BCUT2D eigenvalue weighted by Gasteiger charge is -1.98. The van der Waals surface area contributed by atoms with Crippen molar-refractivity contribution < 1.29 is 0 Å². The summed E-state index contributed by atoms with van der Waals surface area (Å²) >= 11 is 0. The Morgan fingerprint density at radius 2 is 2.33 bits per heavy atom. The summed E-state index contributed by atoms with van der Waals surface area (Å²) in [5, 5.41) is 0. The fraction of sp³-hybridized carbons (Fsp3) is 0.500. The van der Waals surface area contributed by atoms with Gasteiger partial charge in [0.15, 0.2) is 0 Å². The summed E-state index contributed by atoms with van der Waals surface area (Å²) in [6.45, 7) is 4.96. The van der Waals surface area contributed by atoms with Gasteiger partial charge in [0, 0.05) is 12.6 Å². The van der Waals surface area contributed by atoms with Crippen LogP contribution in [-0.2, 0) is 0 Å². The molecule has 0 aromatic carbocycles. The minimum Gasteiger partial charge on any atom is -0.326 e. The van der Waals surface area contributed by atoms with Gasteiger partial charge < -0.3 is 11.5 Å². The van der Waals surface area contributed by atoms with Crippen molar-refractivity contribution >= 4 is 0 Å². The maximum Gasteiger partial charge on any atom is 0.0361 e. The molecule has 0 aliphatic carbocycles. The molecule has 0 aliphatic rings. The van der Waals surface area contributed by atoms with E-state index in [1.807, 2.05) is 0 Å². The van der Waals surface area contributed by atoms with Crippen LogP contribution in [0, 0.1) is 13.5 Å². The van der Waals surface area contributed by atoms with Crippen LogP contribution in [0.1, 0.15) is 6.42 Å². The molecule has 0 rings (SSSR count). The molecule has 0 aliphatic heterocycles. The van der Waals surface area contributed by atoms with E-state index in [9.17, 15) is 0 Å². The topological polar surface area (TPSA) is 52.0 Å². The highest BCUT2D eigenvalue weighted by molar-refractivity contribution is 4.72. The third kappa shape index (κ3) is 2.18. The van der Waals surface area contributed by atoms with Crippen LogP contribution in [0.4, 0.5) is 0 Å². The Kier molecular flexibility index (Phi) is 3.08. The van der Waals surface area contributed by atoms with Crippen LogP contribution in [0.15, 0.2) is 0 Å². The number of hydrogen-bond acceptors (Lipinski definition) is 2. The molecule has 0 fully saturated rings. The van der Waals surface area contributed by atoms with Crippen LogP contribution in [-0.4, -0.2) is 6.04 Å². The van der Waals surface area contributed by atoms with E-state index in [0.717, 1.165) is 0 Å². The van der Waals surface area contributed by atoms with Gasteiger partial charge in [-0.05, 0) is 6.42 Å². The Morgan fingerprint density at radius 3 is 2.33 bits per heavy atom. The smallest absolute Gasteiger partial charge is 0.0361 e. The summed E-state index contributed by atoms with van der Waals surface area (Å²) < 4.78 is 0. The normalized spacial score (nSPS) is 14.5. The van der Waals surface area contributed by atoms with E-state index in [1.165, 1.54) is 6.54 Å². The van der Waals surface area contributed by atoms with Crippen LogP contribution < -0.4 is 11.5 Å². The standard InChI is InChI=1S/C4H10N2/c1-2-4(6)3-5/h3-4H,1-2,5-6H2. The number of nitrogens with two attached hydrogens (primary N) is 2. The minimum absolute atomic E-state index is 0.0231. The number of hydrogen-bond donors (Lipinski definition) is 2. The van der Waals surface area contributed by atoms with E-state index < -0.39 is 0 Å². The highest BCUT2D eigenvalue weighted by Gasteiger charge is 1.89. The zero-order valence-corrected chi connectivity index (χ0v) is 3.72. The lowest BCUT2D eigenvalue weighted by molar-refractivity contribution is 0.764. The molecule has 0 saturated carbocycles. The van der Waals surface area contributed by atoms with Gasteiger partial charge in [-0.25, -0.2) is 0 Å². The van der Waals surface area contributed by atoms with Crippen molar-refractivity contribution in [1.29, 1.82) is 0 Å². The summed E-state index contributed by atoms with van der Waals surface area (Å²) in [5.74, 6) is 0. The molecule has 0 aromatic rings. The molecule has 0 spiro atoms. The summed E-state index contributed by atoms with van der Waals surface area (Å²) in [6, 6.07) is -0.0231. The van der Waals surface area contributed by atoms with Crippen molar-refractivity contribution in [3.05, 3.63) is 13.5 Å². The van der Waals surface area contributed by atoms with Crippen molar-refractivity contribution in [1.82, 2.24) is 0 Å². The molecule has 1 unspecified atom stereocenters. The molecule has 1 atom stereocenters. The van der Waals surface area contributed by atoms with Gasteiger partial charge in [0.25, 0.3) is 0 Å². The van der Waals surface area contributed by atoms with Crippen LogP contribution in [0.3, 0.4) is 0 Å². The Bertz CT molecular complexity index is 24.7. The lowest BCUT2D eigenvalue weighted by Crippen LogP contribution is -2.23. The monoisotopic (exact) mass is 86.1 g/mol. The SMILES string of the molecule is [CH2]CC(N)[CH]N. The maximum atomic E-state index is 5.23. The van der Waals surface area contributed by atoms with E-state index in [4.69, 9.17) is 11.5 Å². The molecule has 36 valence electrons. The molecule has 4 N–H and O–H groups in total. The second-order valence-corrected chi connectivity index (χ2v) is 1.14. The van der Waals surface area contributed by atoms with Crippen molar-refractivity contribution in [3.8, 4) is 0 Å². The van der Waals surface area contributed by atoms with E-state index in [2.05, 4.69) is 6.92 Å². The second-order valence-electron chi connectivity index (χ2n) is 1.14. The molecular formula is C4H10N2. The zero-order chi connectivity index (χ0) is 4.99. The van der Waals surface area contributed by atoms with E-state index in [1.54, 1.807) is 0 Å². The maximum absolute atomic E-state index is 5.23. The Labute approximate surface area is 38.5 Å². The second kappa shape index (κ2) is 3.12. The van der Waals surface area contributed by atoms with Gasteiger partial charge >= 0.3 is 0 Å². The van der Waals surface area contributed by atoms with Crippen LogP contribution in [0.2, 0.25) is 0 Å². The predicted molar refractivity (Wildman–Crippen MR) is 26.4 cm³/mol. The first-order valence-electron chi connectivity index (χ1n) is 1.91. The summed E-state index contributed by atoms with van der Waals surface area (Å²) in [6.07, 6.45) is 0.677.